The van der Waals surface area contributed by atoms with E-state index in [-0.39, 0.29) is 24.5 Å². The van der Waals surface area contributed by atoms with Crippen LogP contribution in [0.3, 0.4) is 0 Å². The Bertz CT molecular complexity index is 1260. The SMILES string of the molecule is Cc1ccc(C(=O)OCC(=O)N2N=C3C(=Cc4cccs4)CCCC3C2c2cccs2)cc1C. The number of benzene rings is 1. The lowest BCUT2D eigenvalue weighted by molar-refractivity contribution is -0.136. The first kappa shape index (κ1) is 22.7. The third-order valence-corrected chi connectivity index (χ3v) is 8.28. The van der Waals surface area contributed by atoms with Gasteiger partial charge in [0.05, 0.1) is 17.3 Å². The standard InChI is InChI=1S/C27H26N2O3S2/c1-17-10-11-20(14-18(17)2)27(31)32-16-24(30)29-26(23-9-5-13-34-23)22-8-3-6-19(25(22)28-29)15-21-7-4-12-33-21/h4-5,7,9-15,22,26H,3,6,8,16H2,1-2H3. The van der Waals surface area contributed by atoms with Crippen LogP contribution in [0.5, 0.6) is 0 Å². The number of esters is 1. The molecule has 1 saturated carbocycles. The van der Waals surface area contributed by atoms with Gasteiger partial charge in [0.1, 0.15) is 0 Å². The third-order valence-electron chi connectivity index (χ3n) is 6.52. The Morgan fingerprint density at radius 1 is 1.12 bits per heavy atom. The molecule has 0 N–H and O–H groups in total. The molecule has 1 amide bonds. The molecule has 3 aromatic rings. The highest BCUT2D eigenvalue weighted by atomic mass is 32.1. The summed E-state index contributed by atoms with van der Waals surface area (Å²) in [6.07, 6.45) is 5.20. The second-order valence-electron chi connectivity index (χ2n) is 8.74. The minimum Gasteiger partial charge on any atom is -0.452 e. The average molecular weight is 491 g/mol. The highest BCUT2D eigenvalue weighted by molar-refractivity contribution is 7.11. The van der Waals surface area contributed by atoms with Crippen molar-refractivity contribution in [1.82, 2.24) is 5.01 Å². The number of aryl methyl sites for hydroxylation is 2. The number of nitrogens with zero attached hydrogens (tertiary/aromatic N) is 2. The number of rotatable bonds is 5. The van der Waals surface area contributed by atoms with Gasteiger partial charge in [0.2, 0.25) is 0 Å². The number of carbonyl (C=O) groups excluding carboxylic acids is 2. The number of thiophene rings is 2. The molecule has 2 unspecified atom stereocenters. The number of allylic oxidation sites excluding steroid dienone is 1. The van der Waals surface area contributed by atoms with Crippen molar-refractivity contribution in [2.45, 2.75) is 39.2 Å². The van der Waals surface area contributed by atoms with Crippen LogP contribution >= 0.6 is 22.7 Å². The predicted molar refractivity (Wildman–Crippen MR) is 137 cm³/mol. The molecule has 5 nitrogen and oxygen atoms in total. The molecule has 2 aromatic heterocycles. The van der Waals surface area contributed by atoms with E-state index >= 15 is 0 Å². The number of carbonyl (C=O) groups is 2. The first-order valence-electron chi connectivity index (χ1n) is 11.4. The first-order valence-corrected chi connectivity index (χ1v) is 13.2. The van der Waals surface area contributed by atoms with Crippen LogP contribution < -0.4 is 0 Å². The number of ether oxygens (including phenoxy) is 1. The van der Waals surface area contributed by atoms with Gasteiger partial charge in [-0.2, -0.15) is 5.10 Å². The van der Waals surface area contributed by atoms with E-state index in [0.29, 0.717) is 5.56 Å². The lowest BCUT2D eigenvalue weighted by Crippen LogP contribution is -2.34. The molecule has 0 spiro atoms. The van der Waals surface area contributed by atoms with Crippen molar-refractivity contribution in [2.75, 3.05) is 6.61 Å². The second kappa shape index (κ2) is 9.68. The van der Waals surface area contributed by atoms with Gasteiger partial charge >= 0.3 is 5.97 Å². The molecule has 2 atom stereocenters. The molecule has 2 aliphatic rings. The van der Waals surface area contributed by atoms with Crippen LogP contribution in [0.15, 0.2) is 63.9 Å². The van der Waals surface area contributed by atoms with E-state index in [4.69, 9.17) is 9.84 Å². The Balaban J connectivity index is 1.38. The minimum atomic E-state index is -0.494. The van der Waals surface area contributed by atoms with E-state index < -0.39 is 5.97 Å². The summed E-state index contributed by atoms with van der Waals surface area (Å²) >= 11 is 3.34. The van der Waals surface area contributed by atoms with E-state index in [9.17, 15) is 9.59 Å². The smallest absolute Gasteiger partial charge is 0.338 e. The highest BCUT2D eigenvalue weighted by Gasteiger charge is 2.44. The van der Waals surface area contributed by atoms with Crippen molar-refractivity contribution >= 4 is 46.3 Å². The predicted octanol–water partition coefficient (Wildman–Crippen LogP) is 6.41. The molecule has 0 saturated heterocycles. The van der Waals surface area contributed by atoms with Crippen LogP contribution in [0, 0.1) is 19.8 Å². The van der Waals surface area contributed by atoms with Gasteiger partial charge in [-0.3, -0.25) is 4.79 Å². The maximum Gasteiger partial charge on any atom is 0.338 e. The number of hydrogen-bond donors (Lipinski definition) is 0. The van der Waals surface area contributed by atoms with Gasteiger partial charge in [0.15, 0.2) is 6.61 Å². The van der Waals surface area contributed by atoms with Gasteiger partial charge in [0.25, 0.3) is 5.91 Å². The largest absolute Gasteiger partial charge is 0.452 e. The summed E-state index contributed by atoms with van der Waals surface area (Å²) < 4.78 is 5.42. The monoisotopic (exact) mass is 490 g/mol. The second-order valence-corrected chi connectivity index (χ2v) is 10.7. The van der Waals surface area contributed by atoms with Crippen LogP contribution in [0.25, 0.3) is 6.08 Å². The van der Waals surface area contributed by atoms with Crippen molar-refractivity contribution in [1.29, 1.82) is 0 Å². The molecule has 0 bridgehead atoms. The van der Waals surface area contributed by atoms with Crippen LogP contribution in [-0.2, 0) is 9.53 Å². The normalized spacial score (nSPS) is 20.8. The van der Waals surface area contributed by atoms with Crippen LogP contribution in [-0.4, -0.2) is 29.2 Å². The average Bonchev–Trinajstić information content (AvgIpc) is 3.60. The first-order chi connectivity index (χ1) is 16.5. The molecule has 3 heterocycles. The van der Waals surface area contributed by atoms with E-state index in [1.165, 1.54) is 10.5 Å². The molecule has 1 fully saturated rings. The van der Waals surface area contributed by atoms with E-state index in [1.54, 1.807) is 39.8 Å². The van der Waals surface area contributed by atoms with Crippen molar-refractivity contribution < 1.29 is 14.3 Å². The van der Waals surface area contributed by atoms with Gasteiger partial charge in [-0.1, -0.05) is 18.2 Å². The molecule has 174 valence electrons. The maximum atomic E-state index is 13.3. The summed E-state index contributed by atoms with van der Waals surface area (Å²) in [5.74, 6) is -0.641. The van der Waals surface area contributed by atoms with Gasteiger partial charge in [-0.25, -0.2) is 9.80 Å². The van der Waals surface area contributed by atoms with Crippen molar-refractivity contribution in [2.24, 2.45) is 11.0 Å². The van der Waals surface area contributed by atoms with Crippen molar-refractivity contribution in [3.63, 3.8) is 0 Å². The summed E-state index contributed by atoms with van der Waals surface area (Å²) in [6.45, 7) is 3.61. The molecule has 1 aromatic carbocycles. The number of hydrazone groups is 1. The fourth-order valence-corrected chi connectivity index (χ4v) is 6.19. The fraction of sp³-hybridized carbons (Fsp3) is 0.296. The Hall–Kier alpha value is -3.03. The van der Waals surface area contributed by atoms with Gasteiger partial charge in [-0.05, 0) is 90.9 Å². The van der Waals surface area contributed by atoms with Crippen molar-refractivity contribution in [3.8, 4) is 0 Å². The maximum absolute atomic E-state index is 13.3. The Morgan fingerprint density at radius 3 is 2.68 bits per heavy atom. The quantitative estimate of drug-likeness (QED) is 0.389. The summed E-state index contributed by atoms with van der Waals surface area (Å²) in [5.41, 5.74) is 4.76. The lowest BCUT2D eigenvalue weighted by atomic mass is 9.79. The lowest BCUT2D eigenvalue weighted by Gasteiger charge is -2.28. The zero-order valence-electron chi connectivity index (χ0n) is 19.2. The molecule has 34 heavy (non-hydrogen) atoms. The van der Waals surface area contributed by atoms with E-state index in [2.05, 4.69) is 23.6 Å². The van der Waals surface area contributed by atoms with Crippen molar-refractivity contribution in [3.05, 3.63) is 85.2 Å². The van der Waals surface area contributed by atoms with Crippen LogP contribution in [0.4, 0.5) is 0 Å². The summed E-state index contributed by atoms with van der Waals surface area (Å²) in [5, 5.41) is 10.5. The molecular formula is C27H26N2O3S2. The number of fused-ring (bicyclic) bond motifs is 1. The topological polar surface area (TPSA) is 59.0 Å². The number of hydrogen-bond acceptors (Lipinski definition) is 6. The zero-order valence-corrected chi connectivity index (χ0v) is 20.8. The molecular weight excluding hydrogens is 464 g/mol. The minimum absolute atomic E-state index is 0.151. The Kier molecular flexibility index (Phi) is 6.48. The molecule has 7 heteroatoms. The summed E-state index contributed by atoms with van der Waals surface area (Å²) in [4.78, 5) is 28.2. The van der Waals surface area contributed by atoms with E-state index in [0.717, 1.165) is 41.0 Å². The van der Waals surface area contributed by atoms with Crippen LogP contribution in [0.1, 0.15) is 56.5 Å². The summed E-state index contributed by atoms with van der Waals surface area (Å²) in [6, 6.07) is 13.5. The van der Waals surface area contributed by atoms with Gasteiger partial charge < -0.3 is 4.74 Å². The summed E-state index contributed by atoms with van der Waals surface area (Å²) in [7, 11) is 0. The highest BCUT2D eigenvalue weighted by Crippen LogP contribution is 2.45. The number of amides is 1. The van der Waals surface area contributed by atoms with E-state index in [1.807, 2.05) is 37.4 Å². The third kappa shape index (κ3) is 4.50. The molecule has 1 aliphatic carbocycles. The van der Waals surface area contributed by atoms with Gasteiger partial charge in [-0.15, -0.1) is 22.7 Å². The van der Waals surface area contributed by atoms with Crippen LogP contribution in [0.2, 0.25) is 0 Å². The molecule has 5 rings (SSSR count). The Labute approximate surface area is 207 Å². The molecule has 0 radical (unpaired) electrons. The zero-order chi connectivity index (χ0) is 23.7. The van der Waals surface area contributed by atoms with Gasteiger partial charge in [0, 0.05) is 15.7 Å². The Morgan fingerprint density at radius 2 is 1.94 bits per heavy atom. The fourth-order valence-electron chi connectivity index (χ4n) is 4.64. The molecule has 1 aliphatic heterocycles.